The molecule has 0 aromatic heterocycles. The lowest BCUT2D eigenvalue weighted by Crippen LogP contribution is -2.48. The van der Waals surface area contributed by atoms with Gasteiger partial charge in [0.2, 0.25) is 11.8 Å². The first kappa shape index (κ1) is 23.5. The molecule has 0 spiro atoms. The lowest BCUT2D eigenvalue weighted by Gasteiger charge is -2.29. The zero-order chi connectivity index (χ0) is 21.6. The molecule has 1 N–H and O–H groups in total. The molecule has 1 unspecified atom stereocenters. The molecule has 1 atom stereocenters. The van der Waals surface area contributed by atoms with Gasteiger partial charge in [-0.25, -0.2) is 0 Å². The fourth-order valence-electron chi connectivity index (χ4n) is 2.80. The summed E-state index contributed by atoms with van der Waals surface area (Å²) in [5.41, 5.74) is 1.50. The Morgan fingerprint density at radius 1 is 1.00 bits per heavy atom. The van der Waals surface area contributed by atoms with E-state index in [1.807, 2.05) is 26.0 Å². The Morgan fingerprint density at radius 2 is 1.69 bits per heavy atom. The molecule has 0 saturated heterocycles. The summed E-state index contributed by atoms with van der Waals surface area (Å²) in [6, 6.07) is 11.6. The van der Waals surface area contributed by atoms with Crippen molar-refractivity contribution >= 4 is 46.6 Å². The van der Waals surface area contributed by atoms with Gasteiger partial charge in [-0.05, 0) is 48.2 Å². The maximum absolute atomic E-state index is 13.1. The summed E-state index contributed by atoms with van der Waals surface area (Å²) in [5.74, 6) is -0.0891. The van der Waals surface area contributed by atoms with Crippen LogP contribution in [0.1, 0.15) is 31.9 Å². The van der Waals surface area contributed by atoms with E-state index in [9.17, 15) is 9.59 Å². The number of carbonyl (C=O) groups excluding carboxylic acids is 2. The third kappa shape index (κ3) is 7.22. The van der Waals surface area contributed by atoms with Crippen LogP contribution in [0.25, 0.3) is 0 Å². The second-order valence-corrected chi connectivity index (χ2v) is 8.66. The topological polar surface area (TPSA) is 49.4 Å². The Morgan fingerprint density at radius 3 is 2.31 bits per heavy atom. The SMILES string of the molecule is CC(C)CNC(=O)C(C)N(Cc1cccc(Cl)c1)C(=O)Cc1ccc(Cl)cc1Cl. The van der Waals surface area contributed by atoms with Crippen molar-refractivity contribution in [1.29, 1.82) is 0 Å². The lowest BCUT2D eigenvalue weighted by molar-refractivity contribution is -0.140. The van der Waals surface area contributed by atoms with Crippen LogP contribution in [0.15, 0.2) is 42.5 Å². The van der Waals surface area contributed by atoms with Gasteiger partial charge in [0.25, 0.3) is 0 Å². The van der Waals surface area contributed by atoms with Gasteiger partial charge in [-0.1, -0.05) is 66.8 Å². The van der Waals surface area contributed by atoms with Gasteiger partial charge >= 0.3 is 0 Å². The molecule has 2 amide bonds. The van der Waals surface area contributed by atoms with Crippen molar-refractivity contribution in [3.8, 4) is 0 Å². The van der Waals surface area contributed by atoms with Crippen LogP contribution in [0, 0.1) is 5.92 Å². The third-order valence-electron chi connectivity index (χ3n) is 4.45. The van der Waals surface area contributed by atoms with E-state index in [1.54, 1.807) is 42.2 Å². The van der Waals surface area contributed by atoms with Crippen molar-refractivity contribution in [1.82, 2.24) is 10.2 Å². The van der Waals surface area contributed by atoms with E-state index in [0.29, 0.717) is 33.1 Å². The van der Waals surface area contributed by atoms with Gasteiger partial charge in [-0.2, -0.15) is 0 Å². The summed E-state index contributed by atoms with van der Waals surface area (Å²) < 4.78 is 0. The van der Waals surface area contributed by atoms with Gasteiger partial charge < -0.3 is 10.2 Å². The van der Waals surface area contributed by atoms with Crippen LogP contribution in [0.4, 0.5) is 0 Å². The normalized spacial score (nSPS) is 12.0. The summed E-state index contributed by atoms with van der Waals surface area (Å²) >= 11 is 18.3. The molecule has 2 aromatic carbocycles. The number of nitrogens with one attached hydrogen (secondary N) is 1. The minimum absolute atomic E-state index is 0.0678. The number of hydrogen-bond donors (Lipinski definition) is 1. The maximum atomic E-state index is 13.1. The van der Waals surface area contributed by atoms with Crippen molar-refractivity contribution in [2.45, 2.75) is 39.8 Å². The maximum Gasteiger partial charge on any atom is 0.242 e. The van der Waals surface area contributed by atoms with E-state index in [-0.39, 0.29) is 24.8 Å². The number of amides is 2. The Balaban J connectivity index is 2.24. The summed E-state index contributed by atoms with van der Waals surface area (Å²) in [4.78, 5) is 27.3. The summed E-state index contributed by atoms with van der Waals surface area (Å²) in [6.07, 6.45) is 0.0678. The Kier molecular flexibility index (Phi) is 8.81. The molecule has 0 saturated carbocycles. The van der Waals surface area contributed by atoms with Crippen LogP contribution >= 0.6 is 34.8 Å². The zero-order valence-electron chi connectivity index (χ0n) is 16.7. The van der Waals surface area contributed by atoms with Crippen molar-refractivity contribution in [2.24, 2.45) is 5.92 Å². The number of carbonyl (C=O) groups is 2. The smallest absolute Gasteiger partial charge is 0.242 e. The Labute approximate surface area is 187 Å². The monoisotopic (exact) mass is 454 g/mol. The first-order chi connectivity index (χ1) is 13.7. The Hall–Kier alpha value is -1.75. The highest BCUT2D eigenvalue weighted by atomic mass is 35.5. The van der Waals surface area contributed by atoms with Crippen molar-refractivity contribution < 1.29 is 9.59 Å². The van der Waals surface area contributed by atoms with E-state index in [0.717, 1.165) is 5.56 Å². The predicted octanol–water partition coefficient (Wildman–Crippen LogP) is 5.38. The van der Waals surface area contributed by atoms with Crippen LogP contribution in [0.2, 0.25) is 15.1 Å². The molecule has 156 valence electrons. The van der Waals surface area contributed by atoms with Crippen LogP contribution in [-0.2, 0) is 22.6 Å². The summed E-state index contributed by atoms with van der Waals surface area (Å²) in [6.45, 7) is 6.57. The van der Waals surface area contributed by atoms with Gasteiger partial charge in [0, 0.05) is 28.2 Å². The molecule has 0 aliphatic heterocycles. The predicted molar refractivity (Wildman–Crippen MR) is 119 cm³/mol. The van der Waals surface area contributed by atoms with Crippen LogP contribution in [-0.4, -0.2) is 29.3 Å². The van der Waals surface area contributed by atoms with E-state index in [4.69, 9.17) is 34.8 Å². The highest BCUT2D eigenvalue weighted by Crippen LogP contribution is 2.23. The molecule has 4 nitrogen and oxygen atoms in total. The molecule has 2 aromatic rings. The Bertz CT molecular complexity index is 871. The van der Waals surface area contributed by atoms with Crippen LogP contribution in [0.3, 0.4) is 0 Å². The molecular formula is C22H25Cl3N2O2. The highest BCUT2D eigenvalue weighted by Gasteiger charge is 2.26. The van der Waals surface area contributed by atoms with Crippen LogP contribution in [0.5, 0.6) is 0 Å². The zero-order valence-corrected chi connectivity index (χ0v) is 19.0. The van der Waals surface area contributed by atoms with Gasteiger partial charge in [0.15, 0.2) is 0 Å². The van der Waals surface area contributed by atoms with E-state index in [1.165, 1.54) is 0 Å². The van der Waals surface area contributed by atoms with Crippen molar-refractivity contribution in [3.63, 3.8) is 0 Å². The molecular weight excluding hydrogens is 431 g/mol. The minimum atomic E-state index is -0.647. The fourth-order valence-corrected chi connectivity index (χ4v) is 3.48. The summed E-state index contributed by atoms with van der Waals surface area (Å²) in [5, 5.41) is 4.40. The van der Waals surface area contributed by atoms with Crippen molar-refractivity contribution in [3.05, 3.63) is 68.7 Å². The third-order valence-corrected chi connectivity index (χ3v) is 5.27. The van der Waals surface area contributed by atoms with Gasteiger partial charge in [-0.3, -0.25) is 9.59 Å². The van der Waals surface area contributed by atoms with Gasteiger partial charge in [0.1, 0.15) is 6.04 Å². The molecule has 2 rings (SSSR count). The largest absolute Gasteiger partial charge is 0.354 e. The lowest BCUT2D eigenvalue weighted by atomic mass is 10.1. The standard InChI is InChI=1S/C22H25Cl3N2O2/c1-14(2)12-26-22(29)15(3)27(13-16-5-4-6-18(23)9-16)21(28)10-17-7-8-19(24)11-20(17)25/h4-9,11,14-15H,10,12-13H2,1-3H3,(H,26,29). The molecule has 0 aliphatic carbocycles. The average molecular weight is 456 g/mol. The first-order valence-electron chi connectivity index (χ1n) is 9.43. The second-order valence-electron chi connectivity index (χ2n) is 7.38. The number of benzene rings is 2. The quantitative estimate of drug-likeness (QED) is 0.581. The molecule has 0 radical (unpaired) electrons. The average Bonchev–Trinajstić information content (AvgIpc) is 2.65. The number of nitrogens with zero attached hydrogens (tertiary/aromatic N) is 1. The van der Waals surface area contributed by atoms with E-state index >= 15 is 0 Å². The summed E-state index contributed by atoms with van der Waals surface area (Å²) in [7, 11) is 0. The van der Waals surface area contributed by atoms with Crippen LogP contribution < -0.4 is 5.32 Å². The second kappa shape index (κ2) is 10.9. The number of hydrogen-bond acceptors (Lipinski definition) is 2. The van der Waals surface area contributed by atoms with Gasteiger partial charge in [0.05, 0.1) is 6.42 Å². The molecule has 0 aliphatic rings. The van der Waals surface area contributed by atoms with E-state index in [2.05, 4.69) is 5.32 Å². The minimum Gasteiger partial charge on any atom is -0.354 e. The number of rotatable bonds is 8. The number of halogens is 3. The molecule has 0 bridgehead atoms. The molecule has 0 heterocycles. The van der Waals surface area contributed by atoms with Crippen molar-refractivity contribution in [2.75, 3.05) is 6.54 Å². The van der Waals surface area contributed by atoms with Gasteiger partial charge in [-0.15, -0.1) is 0 Å². The first-order valence-corrected chi connectivity index (χ1v) is 10.6. The molecule has 0 fully saturated rings. The highest BCUT2D eigenvalue weighted by molar-refractivity contribution is 6.35. The fraction of sp³-hybridized carbons (Fsp3) is 0.364. The molecule has 29 heavy (non-hydrogen) atoms. The van der Waals surface area contributed by atoms with E-state index < -0.39 is 6.04 Å². The molecule has 7 heteroatoms.